The second kappa shape index (κ2) is 10.5. The fourth-order valence-corrected chi connectivity index (χ4v) is 6.35. The molecule has 9 heteroatoms. The third kappa shape index (κ3) is 5.62. The largest absolute Gasteiger partial charge is 0.378 e. The Kier molecular flexibility index (Phi) is 7.01. The van der Waals surface area contributed by atoms with Crippen molar-refractivity contribution < 1.29 is 9.53 Å². The number of anilines is 1. The summed E-state index contributed by atoms with van der Waals surface area (Å²) in [4.78, 5) is 20.4. The Labute approximate surface area is 204 Å². The molecule has 1 aliphatic rings. The van der Waals surface area contributed by atoms with Gasteiger partial charge in [0.25, 0.3) is 5.91 Å². The number of hydrazone groups is 1. The maximum Gasteiger partial charge on any atom is 0.271 e. The summed E-state index contributed by atoms with van der Waals surface area (Å²) < 4.78 is 7.65. The van der Waals surface area contributed by atoms with Gasteiger partial charge < -0.3 is 9.64 Å². The van der Waals surface area contributed by atoms with E-state index >= 15 is 0 Å². The SMILES string of the molecule is O=C(N/N=C\c1ccc(N2CCOCC2)s1)c1ccc(CSc2nc3ccccc3s2)cc1. The van der Waals surface area contributed by atoms with E-state index in [1.54, 1.807) is 40.7 Å². The Morgan fingerprint density at radius 2 is 1.91 bits per heavy atom. The minimum absolute atomic E-state index is 0.221. The van der Waals surface area contributed by atoms with Crippen molar-refractivity contribution in [2.45, 2.75) is 10.1 Å². The van der Waals surface area contributed by atoms with Crippen LogP contribution in [0.4, 0.5) is 5.00 Å². The molecule has 1 amide bonds. The number of amides is 1. The molecule has 0 spiro atoms. The number of rotatable bonds is 7. The quantitative estimate of drug-likeness (QED) is 0.216. The zero-order valence-corrected chi connectivity index (χ0v) is 20.2. The van der Waals surface area contributed by atoms with Crippen LogP contribution in [0.1, 0.15) is 20.8 Å². The number of nitrogens with zero attached hydrogens (tertiary/aromatic N) is 3. The Bertz CT molecular complexity index is 1230. The van der Waals surface area contributed by atoms with E-state index in [1.807, 2.05) is 48.5 Å². The fourth-order valence-electron chi connectivity index (χ4n) is 3.39. The van der Waals surface area contributed by atoms with Crippen LogP contribution < -0.4 is 10.3 Å². The van der Waals surface area contributed by atoms with E-state index in [0.29, 0.717) is 5.56 Å². The Hall–Kier alpha value is -2.72. The topological polar surface area (TPSA) is 66.8 Å². The third-order valence-corrected chi connectivity index (χ3v) is 8.48. The molecular formula is C24H22N4O2S3. The second-order valence-corrected chi connectivity index (χ2v) is 10.8. The molecule has 1 fully saturated rings. The molecule has 1 N–H and O–H groups in total. The number of thiazole rings is 1. The number of hydrogen-bond donors (Lipinski definition) is 1. The first kappa shape index (κ1) is 22.1. The van der Waals surface area contributed by atoms with Crippen LogP contribution in [0.15, 0.2) is 70.1 Å². The van der Waals surface area contributed by atoms with Crippen molar-refractivity contribution in [1.29, 1.82) is 0 Å². The van der Waals surface area contributed by atoms with Crippen molar-refractivity contribution in [2.24, 2.45) is 5.10 Å². The molecule has 168 valence electrons. The average Bonchev–Trinajstić information content (AvgIpc) is 3.50. The zero-order valence-electron chi connectivity index (χ0n) is 17.8. The summed E-state index contributed by atoms with van der Waals surface area (Å²) in [5, 5.41) is 5.33. The summed E-state index contributed by atoms with van der Waals surface area (Å²) in [6.07, 6.45) is 1.69. The lowest BCUT2D eigenvalue weighted by Gasteiger charge is -2.27. The molecule has 2 aromatic carbocycles. The van der Waals surface area contributed by atoms with E-state index < -0.39 is 0 Å². The van der Waals surface area contributed by atoms with Crippen LogP contribution in [0, 0.1) is 0 Å². The minimum Gasteiger partial charge on any atom is -0.378 e. The molecule has 5 rings (SSSR count). The molecule has 4 aromatic rings. The minimum atomic E-state index is -0.221. The number of morpholine rings is 1. The first-order valence-electron chi connectivity index (χ1n) is 10.6. The van der Waals surface area contributed by atoms with Gasteiger partial charge in [-0.3, -0.25) is 4.79 Å². The molecule has 1 saturated heterocycles. The average molecular weight is 495 g/mol. The molecule has 2 aromatic heterocycles. The van der Waals surface area contributed by atoms with Crippen molar-refractivity contribution >= 4 is 61.8 Å². The third-order valence-electron chi connectivity index (χ3n) is 5.15. The normalized spacial score (nSPS) is 14.2. The number of nitrogens with one attached hydrogen (secondary N) is 1. The van der Waals surface area contributed by atoms with E-state index in [2.05, 4.69) is 32.5 Å². The van der Waals surface area contributed by atoms with Gasteiger partial charge in [0.2, 0.25) is 0 Å². The van der Waals surface area contributed by atoms with Gasteiger partial charge in [0.1, 0.15) is 0 Å². The molecule has 0 unspecified atom stereocenters. The first-order chi connectivity index (χ1) is 16.2. The summed E-state index contributed by atoms with van der Waals surface area (Å²) in [7, 11) is 0. The van der Waals surface area contributed by atoms with Gasteiger partial charge >= 0.3 is 0 Å². The lowest BCUT2D eigenvalue weighted by molar-refractivity contribution is 0.0955. The smallest absolute Gasteiger partial charge is 0.271 e. The highest BCUT2D eigenvalue weighted by Gasteiger charge is 2.13. The van der Waals surface area contributed by atoms with Gasteiger partial charge in [-0.2, -0.15) is 5.10 Å². The second-order valence-electron chi connectivity index (χ2n) is 7.41. The lowest BCUT2D eigenvalue weighted by Crippen LogP contribution is -2.35. The van der Waals surface area contributed by atoms with Crippen molar-refractivity contribution in [1.82, 2.24) is 10.4 Å². The highest BCUT2D eigenvalue weighted by Crippen LogP contribution is 2.31. The van der Waals surface area contributed by atoms with E-state index in [4.69, 9.17) is 4.74 Å². The summed E-state index contributed by atoms with van der Waals surface area (Å²) in [6, 6.07) is 19.9. The van der Waals surface area contributed by atoms with E-state index in [1.165, 1.54) is 9.70 Å². The molecule has 3 heterocycles. The van der Waals surface area contributed by atoms with Crippen molar-refractivity contribution in [3.8, 4) is 0 Å². The van der Waals surface area contributed by atoms with E-state index in [0.717, 1.165) is 52.4 Å². The lowest BCUT2D eigenvalue weighted by atomic mass is 10.1. The summed E-state index contributed by atoms with van der Waals surface area (Å²) in [6.45, 7) is 3.33. The van der Waals surface area contributed by atoms with Gasteiger partial charge in [-0.05, 0) is 42.0 Å². The highest BCUT2D eigenvalue weighted by atomic mass is 32.2. The number of para-hydroxylation sites is 1. The van der Waals surface area contributed by atoms with Gasteiger partial charge in [-0.25, -0.2) is 10.4 Å². The summed E-state index contributed by atoms with van der Waals surface area (Å²) in [5.74, 6) is 0.588. The van der Waals surface area contributed by atoms with Crippen molar-refractivity contribution in [2.75, 3.05) is 31.2 Å². The zero-order chi connectivity index (χ0) is 22.5. The predicted octanol–water partition coefficient (Wildman–Crippen LogP) is 5.25. The number of aromatic nitrogens is 1. The number of thiophene rings is 1. The molecule has 6 nitrogen and oxygen atoms in total. The molecular weight excluding hydrogens is 472 g/mol. The van der Waals surface area contributed by atoms with Crippen LogP contribution in [-0.4, -0.2) is 43.4 Å². The molecule has 33 heavy (non-hydrogen) atoms. The standard InChI is InChI=1S/C24H22N4O2S3/c29-23(27-25-15-19-9-10-22(32-19)28-11-13-30-14-12-28)18-7-5-17(6-8-18)16-31-24-26-20-3-1-2-4-21(20)33-24/h1-10,15H,11-14,16H2,(H,27,29)/b25-15-. The number of benzene rings is 2. The van der Waals surface area contributed by atoms with Crippen molar-refractivity contribution in [3.63, 3.8) is 0 Å². The first-order valence-corrected chi connectivity index (χ1v) is 13.2. The highest BCUT2D eigenvalue weighted by molar-refractivity contribution is 8.00. The molecule has 0 bridgehead atoms. The predicted molar refractivity (Wildman–Crippen MR) is 138 cm³/mol. The van der Waals surface area contributed by atoms with E-state index in [9.17, 15) is 4.79 Å². The summed E-state index contributed by atoms with van der Waals surface area (Å²) in [5.41, 5.74) is 5.39. The van der Waals surface area contributed by atoms with Crippen LogP contribution in [0.25, 0.3) is 10.2 Å². The van der Waals surface area contributed by atoms with Gasteiger partial charge in [-0.1, -0.05) is 36.0 Å². The van der Waals surface area contributed by atoms with Gasteiger partial charge in [0.05, 0.1) is 34.6 Å². The van der Waals surface area contributed by atoms with Crippen molar-refractivity contribution in [3.05, 3.63) is 76.7 Å². The molecule has 0 saturated carbocycles. The molecule has 1 aliphatic heterocycles. The molecule has 0 radical (unpaired) electrons. The van der Waals surface area contributed by atoms with Crippen LogP contribution in [0.2, 0.25) is 0 Å². The van der Waals surface area contributed by atoms with Crippen LogP contribution in [0.5, 0.6) is 0 Å². The number of hydrogen-bond acceptors (Lipinski definition) is 8. The number of thioether (sulfide) groups is 1. The Balaban J connectivity index is 1.12. The number of fused-ring (bicyclic) bond motifs is 1. The Morgan fingerprint density at radius 3 is 2.73 bits per heavy atom. The monoisotopic (exact) mass is 494 g/mol. The maximum atomic E-state index is 12.4. The van der Waals surface area contributed by atoms with Gasteiger partial charge in [-0.15, -0.1) is 22.7 Å². The van der Waals surface area contributed by atoms with Gasteiger partial charge in [0.15, 0.2) is 4.34 Å². The molecule has 0 aliphatic carbocycles. The number of carbonyl (C=O) groups excluding carboxylic acids is 1. The number of carbonyl (C=O) groups is 1. The fraction of sp³-hybridized carbons (Fsp3) is 0.208. The number of ether oxygens (including phenoxy) is 1. The molecule has 0 atom stereocenters. The maximum absolute atomic E-state index is 12.4. The van der Waals surface area contributed by atoms with Crippen LogP contribution in [-0.2, 0) is 10.5 Å². The van der Waals surface area contributed by atoms with Crippen LogP contribution in [0.3, 0.4) is 0 Å². The van der Waals surface area contributed by atoms with E-state index in [-0.39, 0.29) is 5.91 Å². The summed E-state index contributed by atoms with van der Waals surface area (Å²) >= 11 is 5.07. The van der Waals surface area contributed by atoms with Gasteiger partial charge in [0, 0.05) is 29.3 Å². The Morgan fingerprint density at radius 1 is 1.09 bits per heavy atom. The van der Waals surface area contributed by atoms with Crippen LogP contribution >= 0.6 is 34.4 Å².